The van der Waals surface area contributed by atoms with Crippen molar-refractivity contribution in [3.63, 3.8) is 0 Å². The van der Waals surface area contributed by atoms with Crippen LogP contribution in [0.25, 0.3) is 10.4 Å². The van der Waals surface area contributed by atoms with Gasteiger partial charge in [0.15, 0.2) is 0 Å². The molecule has 5 nitrogen and oxygen atoms in total. The molecule has 0 atom stereocenters. The topological polar surface area (TPSA) is 75.1 Å². The van der Waals surface area contributed by atoms with E-state index in [1.807, 2.05) is 13.8 Å². The zero-order valence-electron chi connectivity index (χ0n) is 7.36. The molecule has 0 radical (unpaired) electrons. The fourth-order valence-electron chi connectivity index (χ4n) is 0.543. The van der Waals surface area contributed by atoms with Crippen LogP contribution in [-0.4, -0.2) is 19.1 Å². The number of nitrogens with zero attached hydrogens (tertiary/aromatic N) is 3. The van der Waals surface area contributed by atoms with Crippen molar-refractivity contribution in [3.8, 4) is 0 Å². The van der Waals surface area contributed by atoms with Gasteiger partial charge in [-0.1, -0.05) is 19.0 Å². The highest BCUT2D eigenvalue weighted by Gasteiger charge is 2.00. The second-order valence-corrected chi connectivity index (χ2v) is 2.79. The van der Waals surface area contributed by atoms with E-state index in [1.54, 1.807) is 0 Å². The molecule has 0 bridgehead atoms. The Hall–Kier alpha value is -1.22. The number of hydrogen-bond donors (Lipinski definition) is 0. The van der Waals surface area contributed by atoms with E-state index in [0.717, 1.165) is 6.42 Å². The maximum atomic E-state index is 10.7. The van der Waals surface area contributed by atoms with Crippen LogP contribution < -0.4 is 0 Å². The molecule has 0 aromatic carbocycles. The molecule has 0 aromatic rings. The van der Waals surface area contributed by atoms with Crippen molar-refractivity contribution in [1.82, 2.24) is 0 Å². The number of carbonyl (C=O) groups excluding carboxylic acids is 1. The fourth-order valence-corrected chi connectivity index (χ4v) is 0.543. The lowest BCUT2D eigenvalue weighted by atomic mass is 10.1. The summed E-state index contributed by atoms with van der Waals surface area (Å²) in [5.41, 5.74) is 7.88. The zero-order chi connectivity index (χ0) is 9.40. The van der Waals surface area contributed by atoms with E-state index < -0.39 is 5.97 Å². The van der Waals surface area contributed by atoms with Crippen LogP contribution in [0.15, 0.2) is 5.11 Å². The molecule has 0 aromatic heterocycles. The summed E-state index contributed by atoms with van der Waals surface area (Å²) in [6.07, 6.45) is 0.835. The van der Waals surface area contributed by atoms with Gasteiger partial charge in [0.05, 0.1) is 6.61 Å². The van der Waals surface area contributed by atoms with Crippen molar-refractivity contribution in [2.45, 2.75) is 20.3 Å². The Morgan fingerprint density at radius 2 is 2.33 bits per heavy atom. The molecule has 68 valence electrons. The van der Waals surface area contributed by atoms with Gasteiger partial charge in [-0.3, -0.25) is 4.79 Å². The molecule has 0 N–H and O–H groups in total. The summed E-state index contributed by atoms with van der Waals surface area (Å²) < 4.78 is 4.75. The van der Waals surface area contributed by atoms with Crippen LogP contribution >= 0.6 is 0 Å². The number of azide groups is 1. The van der Waals surface area contributed by atoms with Crippen LogP contribution in [0, 0.1) is 5.92 Å². The van der Waals surface area contributed by atoms with Crippen LogP contribution in [-0.2, 0) is 9.53 Å². The monoisotopic (exact) mass is 171 g/mol. The third-order valence-corrected chi connectivity index (χ3v) is 1.22. The fraction of sp³-hybridized carbons (Fsp3) is 0.857. The van der Waals surface area contributed by atoms with E-state index in [9.17, 15) is 4.79 Å². The minimum Gasteiger partial charge on any atom is -0.466 e. The minimum absolute atomic E-state index is 0.214. The third kappa shape index (κ3) is 6.89. The highest BCUT2D eigenvalue weighted by Crippen LogP contribution is 1.98. The maximum absolute atomic E-state index is 10.7. The summed E-state index contributed by atoms with van der Waals surface area (Å²) in [7, 11) is 0. The van der Waals surface area contributed by atoms with Crippen LogP contribution in [0.4, 0.5) is 0 Å². The van der Waals surface area contributed by atoms with E-state index in [-0.39, 0.29) is 6.54 Å². The molecule has 0 aliphatic carbocycles. The highest BCUT2D eigenvalue weighted by molar-refractivity contribution is 5.71. The van der Waals surface area contributed by atoms with Crippen molar-refractivity contribution in [2.24, 2.45) is 11.0 Å². The predicted molar refractivity (Wildman–Crippen MR) is 44.4 cm³/mol. The Balaban J connectivity index is 3.37. The molecule has 0 saturated heterocycles. The molecule has 0 rings (SSSR count). The number of esters is 1. The maximum Gasteiger partial charge on any atom is 0.311 e. The van der Waals surface area contributed by atoms with Crippen molar-refractivity contribution in [2.75, 3.05) is 13.2 Å². The van der Waals surface area contributed by atoms with Crippen molar-refractivity contribution in [1.29, 1.82) is 0 Å². The van der Waals surface area contributed by atoms with Gasteiger partial charge in [0.25, 0.3) is 0 Å². The van der Waals surface area contributed by atoms with E-state index >= 15 is 0 Å². The average molecular weight is 171 g/mol. The van der Waals surface area contributed by atoms with E-state index in [0.29, 0.717) is 12.5 Å². The molecule has 0 fully saturated rings. The summed E-state index contributed by atoms with van der Waals surface area (Å²) in [6, 6.07) is 0. The molecule has 0 amide bonds. The summed E-state index contributed by atoms with van der Waals surface area (Å²) in [5.74, 6) is 0.0470. The molecule has 0 aliphatic rings. The van der Waals surface area contributed by atoms with Crippen LogP contribution in [0.3, 0.4) is 0 Å². The van der Waals surface area contributed by atoms with Gasteiger partial charge in [-0.2, -0.15) is 0 Å². The second-order valence-electron chi connectivity index (χ2n) is 2.79. The van der Waals surface area contributed by atoms with Gasteiger partial charge in [-0.25, -0.2) is 0 Å². The van der Waals surface area contributed by atoms with Gasteiger partial charge < -0.3 is 4.74 Å². The number of hydrogen-bond acceptors (Lipinski definition) is 3. The molecule has 0 saturated carbocycles. The van der Waals surface area contributed by atoms with Crippen LogP contribution in [0.5, 0.6) is 0 Å². The standard InChI is InChI=1S/C7H13N3O2/c1-6(2)3-4-12-7(11)5-9-10-8/h6H,3-5H2,1-2H3. The average Bonchev–Trinajstić information content (AvgIpc) is 2.00. The normalized spacial score (nSPS) is 9.25. The van der Waals surface area contributed by atoms with Gasteiger partial charge in [0.1, 0.15) is 6.54 Å². The molecule has 0 unspecified atom stereocenters. The van der Waals surface area contributed by atoms with Gasteiger partial charge in [-0.05, 0) is 17.9 Å². The van der Waals surface area contributed by atoms with Crippen molar-refractivity contribution in [3.05, 3.63) is 10.4 Å². The first kappa shape index (κ1) is 10.8. The number of ether oxygens (including phenoxy) is 1. The Labute approximate surface area is 71.3 Å². The summed E-state index contributed by atoms with van der Waals surface area (Å²) in [5, 5.41) is 3.08. The Morgan fingerprint density at radius 3 is 2.83 bits per heavy atom. The first-order valence-electron chi connectivity index (χ1n) is 3.83. The van der Waals surface area contributed by atoms with Crippen molar-refractivity contribution >= 4 is 5.97 Å². The van der Waals surface area contributed by atoms with E-state index in [1.165, 1.54) is 0 Å². The van der Waals surface area contributed by atoms with Crippen LogP contribution in [0.2, 0.25) is 0 Å². The zero-order valence-corrected chi connectivity index (χ0v) is 7.36. The van der Waals surface area contributed by atoms with Crippen LogP contribution in [0.1, 0.15) is 20.3 Å². The Kier molecular flexibility index (Phi) is 5.83. The highest BCUT2D eigenvalue weighted by atomic mass is 16.5. The Bertz CT molecular complexity index is 185. The molecular formula is C7H13N3O2. The SMILES string of the molecule is CC(C)CCOC(=O)CN=[N+]=[N-]. The Morgan fingerprint density at radius 1 is 1.67 bits per heavy atom. The molecule has 5 heteroatoms. The lowest BCUT2D eigenvalue weighted by molar-refractivity contribution is -0.142. The summed E-state index contributed by atoms with van der Waals surface area (Å²) >= 11 is 0. The minimum atomic E-state index is -0.464. The van der Waals surface area contributed by atoms with Crippen molar-refractivity contribution < 1.29 is 9.53 Å². The van der Waals surface area contributed by atoms with E-state index in [2.05, 4.69) is 10.0 Å². The van der Waals surface area contributed by atoms with E-state index in [4.69, 9.17) is 10.3 Å². The summed E-state index contributed by atoms with van der Waals surface area (Å²) in [4.78, 5) is 13.1. The summed E-state index contributed by atoms with van der Waals surface area (Å²) in [6.45, 7) is 4.27. The third-order valence-electron chi connectivity index (χ3n) is 1.22. The predicted octanol–water partition coefficient (Wildman–Crippen LogP) is 1.89. The first-order valence-corrected chi connectivity index (χ1v) is 3.83. The lowest BCUT2D eigenvalue weighted by Gasteiger charge is -2.04. The number of carbonyl (C=O) groups is 1. The molecular weight excluding hydrogens is 158 g/mol. The first-order chi connectivity index (χ1) is 5.66. The number of rotatable bonds is 5. The van der Waals surface area contributed by atoms with Gasteiger partial charge in [0, 0.05) is 4.91 Å². The molecule has 0 spiro atoms. The largest absolute Gasteiger partial charge is 0.466 e. The van der Waals surface area contributed by atoms with Gasteiger partial charge in [-0.15, -0.1) is 0 Å². The molecule has 12 heavy (non-hydrogen) atoms. The van der Waals surface area contributed by atoms with Gasteiger partial charge >= 0.3 is 5.97 Å². The second kappa shape index (κ2) is 6.49. The van der Waals surface area contributed by atoms with Gasteiger partial charge in [0.2, 0.25) is 0 Å². The lowest BCUT2D eigenvalue weighted by Crippen LogP contribution is -2.09. The molecule has 0 aliphatic heterocycles. The quantitative estimate of drug-likeness (QED) is 0.274. The molecule has 0 heterocycles. The smallest absolute Gasteiger partial charge is 0.311 e.